The maximum atomic E-state index is 12.1. The topological polar surface area (TPSA) is 92.5 Å². The predicted molar refractivity (Wildman–Crippen MR) is 76.0 cm³/mol. The standard InChI is InChI=1S/C13H17ClN2O4/c1-3-13(2,4-5-17)15-12(18)9-6-10(14)8-11(7-9)16(19)20/h6-8,17H,3-5H2,1-2H3,(H,15,18). The summed E-state index contributed by atoms with van der Waals surface area (Å²) in [6, 6.07) is 3.74. The number of hydrogen-bond donors (Lipinski definition) is 2. The Morgan fingerprint density at radius 2 is 2.15 bits per heavy atom. The normalized spacial score (nSPS) is 13.6. The van der Waals surface area contributed by atoms with E-state index in [9.17, 15) is 14.9 Å². The molecule has 0 radical (unpaired) electrons. The smallest absolute Gasteiger partial charge is 0.271 e. The summed E-state index contributed by atoms with van der Waals surface area (Å²) in [5.74, 6) is -0.451. The highest BCUT2D eigenvalue weighted by molar-refractivity contribution is 6.31. The first-order chi connectivity index (χ1) is 9.31. The third-order valence-corrected chi connectivity index (χ3v) is 3.43. The van der Waals surface area contributed by atoms with Gasteiger partial charge in [-0.15, -0.1) is 0 Å². The number of amides is 1. The fraction of sp³-hybridized carbons (Fsp3) is 0.462. The van der Waals surface area contributed by atoms with E-state index in [0.717, 1.165) is 0 Å². The van der Waals surface area contributed by atoms with Crippen molar-refractivity contribution in [2.75, 3.05) is 6.61 Å². The average molecular weight is 301 g/mol. The van der Waals surface area contributed by atoms with E-state index in [1.807, 2.05) is 6.92 Å². The van der Waals surface area contributed by atoms with Crippen LogP contribution in [0.2, 0.25) is 5.02 Å². The molecule has 0 saturated heterocycles. The van der Waals surface area contributed by atoms with Crippen LogP contribution in [0.4, 0.5) is 5.69 Å². The van der Waals surface area contributed by atoms with Gasteiger partial charge in [0.2, 0.25) is 0 Å². The maximum Gasteiger partial charge on any atom is 0.271 e. The van der Waals surface area contributed by atoms with E-state index in [0.29, 0.717) is 12.8 Å². The van der Waals surface area contributed by atoms with Crippen molar-refractivity contribution in [3.8, 4) is 0 Å². The van der Waals surface area contributed by atoms with Gasteiger partial charge in [0.1, 0.15) is 0 Å². The molecule has 6 nitrogen and oxygen atoms in total. The number of nitro groups is 1. The van der Waals surface area contributed by atoms with Crippen LogP contribution in [0.25, 0.3) is 0 Å². The number of halogens is 1. The first kappa shape index (κ1) is 16.4. The van der Waals surface area contributed by atoms with Crippen molar-refractivity contribution in [2.24, 2.45) is 0 Å². The molecule has 110 valence electrons. The molecule has 2 N–H and O–H groups in total. The number of non-ortho nitro benzene ring substituents is 1. The van der Waals surface area contributed by atoms with Gasteiger partial charge in [-0.25, -0.2) is 0 Å². The highest BCUT2D eigenvalue weighted by Crippen LogP contribution is 2.22. The molecule has 1 rings (SSSR count). The summed E-state index contributed by atoms with van der Waals surface area (Å²) in [6.45, 7) is 3.64. The van der Waals surface area contributed by atoms with Crippen LogP contribution in [0.15, 0.2) is 18.2 Å². The second-order valence-electron chi connectivity index (χ2n) is 4.80. The maximum absolute atomic E-state index is 12.1. The lowest BCUT2D eigenvalue weighted by Crippen LogP contribution is -2.46. The minimum atomic E-state index is -0.602. The summed E-state index contributed by atoms with van der Waals surface area (Å²) in [7, 11) is 0. The monoisotopic (exact) mass is 300 g/mol. The molecule has 0 fully saturated rings. The van der Waals surface area contributed by atoms with Crippen molar-refractivity contribution in [3.63, 3.8) is 0 Å². The summed E-state index contributed by atoms with van der Waals surface area (Å²) in [5.41, 5.74) is -0.673. The van der Waals surface area contributed by atoms with Crippen LogP contribution in [-0.4, -0.2) is 28.1 Å². The van der Waals surface area contributed by atoms with Gasteiger partial charge in [0.15, 0.2) is 0 Å². The van der Waals surface area contributed by atoms with E-state index in [1.165, 1.54) is 18.2 Å². The average Bonchev–Trinajstić information content (AvgIpc) is 2.38. The Balaban J connectivity index is 3.00. The summed E-state index contributed by atoms with van der Waals surface area (Å²) in [4.78, 5) is 22.3. The Morgan fingerprint density at radius 1 is 1.50 bits per heavy atom. The van der Waals surface area contributed by atoms with Gasteiger partial charge in [0.25, 0.3) is 11.6 Å². The van der Waals surface area contributed by atoms with Gasteiger partial charge in [-0.3, -0.25) is 14.9 Å². The van der Waals surface area contributed by atoms with E-state index in [2.05, 4.69) is 5.32 Å². The number of nitro benzene ring substituents is 1. The first-order valence-corrected chi connectivity index (χ1v) is 6.57. The number of benzene rings is 1. The Hall–Kier alpha value is -1.66. The zero-order chi connectivity index (χ0) is 15.3. The SMILES string of the molecule is CCC(C)(CCO)NC(=O)c1cc(Cl)cc([N+](=O)[O-])c1. The number of aliphatic hydroxyl groups is 1. The van der Waals surface area contributed by atoms with E-state index in [4.69, 9.17) is 16.7 Å². The van der Waals surface area contributed by atoms with Crippen LogP contribution in [-0.2, 0) is 0 Å². The van der Waals surface area contributed by atoms with Gasteiger partial charge < -0.3 is 10.4 Å². The van der Waals surface area contributed by atoms with Crippen molar-refractivity contribution < 1.29 is 14.8 Å². The molecule has 0 aliphatic heterocycles. The van der Waals surface area contributed by atoms with Crippen LogP contribution in [0.3, 0.4) is 0 Å². The third-order valence-electron chi connectivity index (χ3n) is 3.21. The number of rotatable bonds is 6. The molecule has 20 heavy (non-hydrogen) atoms. The highest BCUT2D eigenvalue weighted by Gasteiger charge is 2.25. The minimum absolute atomic E-state index is 0.0552. The molecule has 1 amide bonds. The number of aliphatic hydroxyl groups excluding tert-OH is 1. The summed E-state index contributed by atoms with van der Waals surface area (Å²) in [5, 5.41) is 22.7. The fourth-order valence-electron chi connectivity index (χ4n) is 1.73. The van der Waals surface area contributed by atoms with Crippen LogP contribution in [0.5, 0.6) is 0 Å². The lowest BCUT2D eigenvalue weighted by molar-refractivity contribution is -0.384. The van der Waals surface area contributed by atoms with E-state index < -0.39 is 16.4 Å². The Kier molecular flexibility index (Phi) is 5.47. The van der Waals surface area contributed by atoms with Crippen LogP contribution in [0.1, 0.15) is 37.0 Å². The van der Waals surface area contributed by atoms with E-state index >= 15 is 0 Å². The molecule has 0 aliphatic carbocycles. The molecular weight excluding hydrogens is 284 g/mol. The molecule has 0 spiro atoms. The van der Waals surface area contributed by atoms with E-state index in [-0.39, 0.29) is 22.9 Å². The van der Waals surface area contributed by atoms with Gasteiger partial charge in [-0.2, -0.15) is 0 Å². The summed E-state index contributed by atoms with van der Waals surface area (Å²) in [6.07, 6.45) is 1.03. The van der Waals surface area contributed by atoms with Crippen molar-refractivity contribution in [1.29, 1.82) is 0 Å². The lowest BCUT2D eigenvalue weighted by atomic mass is 9.94. The van der Waals surface area contributed by atoms with E-state index in [1.54, 1.807) is 6.92 Å². The van der Waals surface area contributed by atoms with Crippen molar-refractivity contribution in [3.05, 3.63) is 38.9 Å². The third kappa shape index (κ3) is 4.18. The fourth-order valence-corrected chi connectivity index (χ4v) is 1.96. The highest BCUT2D eigenvalue weighted by atomic mass is 35.5. The zero-order valence-corrected chi connectivity index (χ0v) is 12.1. The molecular formula is C13H17ClN2O4. The molecule has 0 bridgehead atoms. The van der Waals surface area contributed by atoms with Crippen LogP contribution in [0, 0.1) is 10.1 Å². The van der Waals surface area contributed by atoms with Crippen LogP contribution >= 0.6 is 11.6 Å². The molecule has 0 aromatic heterocycles. The van der Waals surface area contributed by atoms with Crippen molar-refractivity contribution >= 4 is 23.2 Å². The van der Waals surface area contributed by atoms with Crippen LogP contribution < -0.4 is 5.32 Å². The largest absolute Gasteiger partial charge is 0.396 e. The lowest BCUT2D eigenvalue weighted by Gasteiger charge is -2.29. The van der Waals surface area contributed by atoms with Gasteiger partial charge in [-0.05, 0) is 25.8 Å². The number of carbonyl (C=O) groups is 1. The van der Waals surface area contributed by atoms with Crippen molar-refractivity contribution in [2.45, 2.75) is 32.2 Å². The first-order valence-electron chi connectivity index (χ1n) is 6.19. The van der Waals surface area contributed by atoms with Gasteiger partial charge in [0, 0.05) is 34.9 Å². The molecule has 7 heteroatoms. The van der Waals surface area contributed by atoms with Gasteiger partial charge in [0.05, 0.1) is 4.92 Å². The second-order valence-corrected chi connectivity index (χ2v) is 5.23. The summed E-state index contributed by atoms with van der Waals surface area (Å²) < 4.78 is 0. The Labute approximate surface area is 121 Å². The Bertz CT molecular complexity index is 521. The zero-order valence-electron chi connectivity index (χ0n) is 11.4. The molecule has 1 atom stereocenters. The molecule has 0 saturated carbocycles. The Morgan fingerprint density at radius 3 is 2.65 bits per heavy atom. The van der Waals surface area contributed by atoms with Crippen molar-refractivity contribution in [1.82, 2.24) is 5.32 Å². The second kappa shape index (κ2) is 6.67. The number of nitrogens with one attached hydrogen (secondary N) is 1. The quantitative estimate of drug-likeness (QED) is 0.623. The predicted octanol–water partition coefficient (Wildman–Crippen LogP) is 2.53. The molecule has 1 unspecified atom stereocenters. The van der Waals surface area contributed by atoms with Gasteiger partial charge >= 0.3 is 0 Å². The number of carbonyl (C=O) groups excluding carboxylic acids is 1. The minimum Gasteiger partial charge on any atom is -0.396 e. The molecule has 1 aromatic rings. The number of nitrogens with zero attached hydrogens (tertiary/aromatic N) is 1. The molecule has 1 aromatic carbocycles. The molecule has 0 heterocycles. The summed E-state index contributed by atoms with van der Waals surface area (Å²) >= 11 is 5.78. The molecule has 0 aliphatic rings. The number of hydrogen-bond acceptors (Lipinski definition) is 4. The van der Waals surface area contributed by atoms with Gasteiger partial charge in [-0.1, -0.05) is 18.5 Å².